The highest BCUT2D eigenvalue weighted by molar-refractivity contribution is 6.06. The van der Waals surface area contributed by atoms with Crippen LogP contribution < -0.4 is 10.6 Å². The van der Waals surface area contributed by atoms with Gasteiger partial charge in [-0.2, -0.15) is 0 Å². The summed E-state index contributed by atoms with van der Waals surface area (Å²) in [6, 6.07) is 12.3. The average molecular weight is 240 g/mol. The van der Waals surface area contributed by atoms with E-state index >= 15 is 0 Å². The number of benzene rings is 2. The number of fused-ring (bicyclic) bond motifs is 1. The minimum absolute atomic E-state index is 0.0455. The number of nitrogens with two attached hydrogens (primary N) is 1. The first-order valence-corrected chi connectivity index (χ1v) is 6.21. The molecule has 3 nitrogen and oxygen atoms in total. The zero-order chi connectivity index (χ0) is 12.7. The molecule has 1 aliphatic heterocycles. The molecule has 1 fully saturated rings. The summed E-state index contributed by atoms with van der Waals surface area (Å²) in [6.07, 6.45) is 0.447. The number of carbonyl (C=O) groups excluding carboxylic acids is 1. The molecule has 3 rings (SSSR count). The van der Waals surface area contributed by atoms with Gasteiger partial charge in [-0.25, -0.2) is 0 Å². The van der Waals surface area contributed by atoms with Gasteiger partial charge in [-0.15, -0.1) is 0 Å². The van der Waals surface area contributed by atoms with Crippen LogP contribution in [0.25, 0.3) is 10.8 Å². The molecule has 92 valence electrons. The van der Waals surface area contributed by atoms with Crippen molar-refractivity contribution in [2.24, 2.45) is 5.73 Å². The molecule has 0 bridgehead atoms. The Hall–Kier alpha value is -1.87. The number of nitrogens with zero attached hydrogens (tertiary/aromatic N) is 1. The van der Waals surface area contributed by atoms with Crippen molar-refractivity contribution in [3.8, 4) is 0 Å². The minimum atomic E-state index is -0.0455. The van der Waals surface area contributed by atoms with Gasteiger partial charge in [0.05, 0.1) is 5.69 Å². The first-order valence-electron chi connectivity index (χ1n) is 6.21. The maximum Gasteiger partial charge on any atom is 0.228 e. The van der Waals surface area contributed by atoms with E-state index in [1.807, 2.05) is 24.0 Å². The molecule has 1 aliphatic rings. The van der Waals surface area contributed by atoms with Crippen LogP contribution in [0.4, 0.5) is 5.69 Å². The molecule has 18 heavy (non-hydrogen) atoms. The molecule has 1 saturated heterocycles. The van der Waals surface area contributed by atoms with E-state index < -0.39 is 0 Å². The van der Waals surface area contributed by atoms with E-state index in [0.29, 0.717) is 13.0 Å². The molecule has 1 amide bonds. The monoisotopic (exact) mass is 240 g/mol. The van der Waals surface area contributed by atoms with Gasteiger partial charge < -0.3 is 10.6 Å². The van der Waals surface area contributed by atoms with Crippen LogP contribution in [-0.2, 0) is 4.79 Å². The summed E-state index contributed by atoms with van der Waals surface area (Å²) in [6.45, 7) is 2.66. The molecule has 0 saturated carbocycles. The fraction of sp³-hybridized carbons (Fsp3) is 0.267. The van der Waals surface area contributed by atoms with Crippen LogP contribution in [0.1, 0.15) is 12.0 Å². The van der Waals surface area contributed by atoms with Gasteiger partial charge in [0, 0.05) is 24.4 Å². The number of amides is 1. The Morgan fingerprint density at radius 3 is 2.72 bits per heavy atom. The number of rotatable bonds is 1. The van der Waals surface area contributed by atoms with Gasteiger partial charge in [-0.3, -0.25) is 4.79 Å². The van der Waals surface area contributed by atoms with Crippen molar-refractivity contribution in [3.05, 3.63) is 42.0 Å². The summed E-state index contributed by atoms with van der Waals surface area (Å²) in [5.74, 6) is 0.127. The highest BCUT2D eigenvalue weighted by Gasteiger charge is 2.29. The van der Waals surface area contributed by atoms with E-state index in [4.69, 9.17) is 5.73 Å². The quantitative estimate of drug-likeness (QED) is 0.830. The second kappa shape index (κ2) is 4.10. The summed E-state index contributed by atoms with van der Waals surface area (Å²) >= 11 is 0. The minimum Gasteiger partial charge on any atom is -0.326 e. The van der Waals surface area contributed by atoms with Crippen LogP contribution in [0.3, 0.4) is 0 Å². The van der Waals surface area contributed by atoms with Crippen molar-refractivity contribution in [1.82, 2.24) is 0 Å². The average Bonchev–Trinajstić information content (AvgIpc) is 2.68. The third-order valence-electron chi connectivity index (χ3n) is 3.53. The number of carbonyl (C=O) groups is 1. The summed E-state index contributed by atoms with van der Waals surface area (Å²) in [5, 5.41) is 2.28. The van der Waals surface area contributed by atoms with Gasteiger partial charge >= 0.3 is 0 Å². The first kappa shape index (κ1) is 11.2. The van der Waals surface area contributed by atoms with Gasteiger partial charge in [-0.05, 0) is 17.9 Å². The van der Waals surface area contributed by atoms with Gasteiger partial charge in [0.1, 0.15) is 0 Å². The van der Waals surface area contributed by atoms with Crippen molar-refractivity contribution in [2.75, 3.05) is 11.4 Å². The number of hydrogen-bond donors (Lipinski definition) is 1. The van der Waals surface area contributed by atoms with Crippen molar-refractivity contribution >= 4 is 22.4 Å². The molecular weight excluding hydrogens is 224 g/mol. The van der Waals surface area contributed by atoms with Crippen molar-refractivity contribution < 1.29 is 4.79 Å². The fourth-order valence-electron chi connectivity index (χ4n) is 2.67. The van der Waals surface area contributed by atoms with Crippen LogP contribution in [-0.4, -0.2) is 18.5 Å². The van der Waals surface area contributed by atoms with Crippen LogP contribution in [0, 0.1) is 6.92 Å². The normalized spacial score (nSPS) is 19.8. The molecule has 0 spiro atoms. The summed E-state index contributed by atoms with van der Waals surface area (Å²) in [5.41, 5.74) is 8.03. The van der Waals surface area contributed by atoms with E-state index in [9.17, 15) is 4.79 Å². The lowest BCUT2D eigenvalue weighted by Gasteiger charge is -2.21. The van der Waals surface area contributed by atoms with Gasteiger partial charge in [0.15, 0.2) is 0 Å². The van der Waals surface area contributed by atoms with Gasteiger partial charge in [-0.1, -0.05) is 36.4 Å². The van der Waals surface area contributed by atoms with Crippen molar-refractivity contribution in [3.63, 3.8) is 0 Å². The molecule has 1 heterocycles. The second-order valence-corrected chi connectivity index (χ2v) is 4.92. The molecule has 0 radical (unpaired) electrons. The molecule has 1 atom stereocenters. The predicted molar refractivity (Wildman–Crippen MR) is 73.6 cm³/mol. The molecule has 2 aromatic carbocycles. The van der Waals surface area contributed by atoms with E-state index in [0.717, 1.165) is 22.0 Å². The Morgan fingerprint density at radius 2 is 2.00 bits per heavy atom. The lowest BCUT2D eigenvalue weighted by Crippen LogP contribution is -2.28. The molecule has 3 heteroatoms. The molecule has 2 aromatic rings. The zero-order valence-electron chi connectivity index (χ0n) is 10.4. The lowest BCUT2D eigenvalue weighted by atomic mass is 10.0. The standard InChI is InChI=1S/C15H16N2O/c1-10-6-7-11-4-2-3-5-13(11)15(10)17-9-12(16)8-14(17)18/h2-7,12H,8-9,16H2,1H3. The molecule has 0 aromatic heterocycles. The number of anilines is 1. The third-order valence-corrected chi connectivity index (χ3v) is 3.53. The van der Waals surface area contributed by atoms with Crippen LogP contribution in [0.15, 0.2) is 36.4 Å². The smallest absolute Gasteiger partial charge is 0.228 e. The lowest BCUT2D eigenvalue weighted by molar-refractivity contribution is -0.117. The maximum absolute atomic E-state index is 12.0. The largest absolute Gasteiger partial charge is 0.326 e. The van der Waals surface area contributed by atoms with Crippen LogP contribution >= 0.6 is 0 Å². The molecule has 2 N–H and O–H groups in total. The van der Waals surface area contributed by atoms with Crippen LogP contribution in [0.5, 0.6) is 0 Å². The highest BCUT2D eigenvalue weighted by Crippen LogP contribution is 2.32. The topological polar surface area (TPSA) is 46.3 Å². The molecular formula is C15H16N2O. The summed E-state index contributed by atoms with van der Waals surface area (Å²) in [7, 11) is 0. The molecule has 1 unspecified atom stereocenters. The van der Waals surface area contributed by atoms with E-state index in [-0.39, 0.29) is 11.9 Å². The summed E-state index contributed by atoms with van der Waals surface area (Å²) in [4.78, 5) is 13.9. The Morgan fingerprint density at radius 1 is 1.22 bits per heavy atom. The van der Waals surface area contributed by atoms with Crippen molar-refractivity contribution in [1.29, 1.82) is 0 Å². The van der Waals surface area contributed by atoms with Crippen molar-refractivity contribution in [2.45, 2.75) is 19.4 Å². The van der Waals surface area contributed by atoms with E-state index in [1.54, 1.807) is 0 Å². The summed E-state index contributed by atoms with van der Waals surface area (Å²) < 4.78 is 0. The number of aryl methyl sites for hydroxylation is 1. The third kappa shape index (κ3) is 1.68. The zero-order valence-corrected chi connectivity index (χ0v) is 10.4. The predicted octanol–water partition coefficient (Wildman–Crippen LogP) is 2.21. The Kier molecular flexibility index (Phi) is 2.56. The fourth-order valence-corrected chi connectivity index (χ4v) is 2.67. The maximum atomic E-state index is 12.0. The SMILES string of the molecule is Cc1ccc2ccccc2c1N1CC(N)CC1=O. The first-order chi connectivity index (χ1) is 8.66. The second-order valence-electron chi connectivity index (χ2n) is 4.92. The number of hydrogen-bond acceptors (Lipinski definition) is 2. The Balaban J connectivity index is 2.22. The Bertz CT molecular complexity index is 621. The van der Waals surface area contributed by atoms with Gasteiger partial charge in [0.2, 0.25) is 5.91 Å². The van der Waals surface area contributed by atoms with E-state index in [2.05, 4.69) is 24.3 Å². The van der Waals surface area contributed by atoms with Crippen LogP contribution in [0.2, 0.25) is 0 Å². The highest BCUT2D eigenvalue weighted by atomic mass is 16.2. The van der Waals surface area contributed by atoms with E-state index in [1.165, 1.54) is 0 Å². The molecule has 0 aliphatic carbocycles. The Labute approximate surface area is 106 Å². The van der Waals surface area contributed by atoms with Gasteiger partial charge in [0.25, 0.3) is 0 Å².